The summed E-state index contributed by atoms with van der Waals surface area (Å²) >= 11 is 7.35. The second-order valence-corrected chi connectivity index (χ2v) is 10.3. The maximum Gasteiger partial charge on any atom is 0.0457 e. The molecule has 0 amide bonds. The summed E-state index contributed by atoms with van der Waals surface area (Å²) in [5, 5.41) is 2.66. The van der Waals surface area contributed by atoms with Crippen LogP contribution in [0.2, 0.25) is 0 Å². The van der Waals surface area contributed by atoms with Gasteiger partial charge in [-0.25, -0.2) is 0 Å². The van der Waals surface area contributed by atoms with E-state index >= 15 is 0 Å². The van der Waals surface area contributed by atoms with Crippen LogP contribution >= 0.6 is 31.9 Å². The summed E-state index contributed by atoms with van der Waals surface area (Å²) in [5.41, 5.74) is 5.26. The molecule has 4 aromatic rings. The van der Waals surface area contributed by atoms with Crippen LogP contribution in [0.5, 0.6) is 0 Å². The summed E-state index contributed by atoms with van der Waals surface area (Å²) < 4.78 is 2.28. The average Bonchev–Trinajstić information content (AvgIpc) is 3.33. The fourth-order valence-electron chi connectivity index (χ4n) is 5.16. The summed E-state index contributed by atoms with van der Waals surface area (Å²) in [6.07, 6.45) is 14.0. The van der Waals surface area contributed by atoms with Crippen molar-refractivity contribution in [2.75, 3.05) is 0 Å². The van der Waals surface area contributed by atoms with Gasteiger partial charge in [0.2, 0.25) is 0 Å². The zero-order valence-corrected chi connectivity index (χ0v) is 19.7. The van der Waals surface area contributed by atoms with Gasteiger partial charge in [-0.1, -0.05) is 64.0 Å². The molecule has 2 aromatic carbocycles. The predicted octanol–water partition coefficient (Wildman–Crippen LogP) is 8.67. The van der Waals surface area contributed by atoms with E-state index in [1.807, 2.05) is 0 Å². The Morgan fingerprint density at radius 1 is 0.793 bits per heavy atom. The molecule has 2 heterocycles. The summed E-state index contributed by atoms with van der Waals surface area (Å²) in [4.78, 5) is 7.03. The Hall–Kier alpha value is -1.52. The van der Waals surface area contributed by atoms with E-state index in [1.165, 1.54) is 77.9 Å². The quantitative estimate of drug-likeness (QED) is 0.267. The van der Waals surface area contributed by atoms with Crippen molar-refractivity contribution in [3.8, 4) is 0 Å². The number of aromatic amines is 2. The second-order valence-electron chi connectivity index (χ2n) is 8.50. The molecule has 0 saturated heterocycles. The first-order valence-electron chi connectivity index (χ1n) is 10.7. The Balaban J connectivity index is 1.58. The van der Waals surface area contributed by atoms with Crippen LogP contribution in [0.1, 0.15) is 62.0 Å². The first kappa shape index (κ1) is 19.4. The standard InChI is InChI=1S/C25H26Br2N2/c26-17-7-10-24-20(12-17)22(14-28-24)19(9-6-16-4-2-1-3-5-16)23-15-29-25-11-8-18(27)13-21(23)25/h7-8,10-16,19,28-29H,1-6,9H2. The van der Waals surface area contributed by atoms with Gasteiger partial charge in [-0.05, 0) is 66.3 Å². The van der Waals surface area contributed by atoms with Crippen molar-refractivity contribution < 1.29 is 0 Å². The van der Waals surface area contributed by atoms with Crippen LogP contribution in [0.15, 0.2) is 57.7 Å². The summed E-state index contributed by atoms with van der Waals surface area (Å²) in [6.45, 7) is 0. The van der Waals surface area contributed by atoms with Crippen molar-refractivity contribution in [2.45, 2.75) is 50.9 Å². The van der Waals surface area contributed by atoms with Gasteiger partial charge < -0.3 is 9.97 Å². The monoisotopic (exact) mass is 512 g/mol. The summed E-state index contributed by atoms with van der Waals surface area (Å²) in [7, 11) is 0. The van der Waals surface area contributed by atoms with Crippen LogP contribution in [-0.2, 0) is 0 Å². The maximum atomic E-state index is 3.67. The molecule has 0 aliphatic heterocycles. The fourth-order valence-corrected chi connectivity index (χ4v) is 5.88. The molecule has 1 aliphatic rings. The highest BCUT2D eigenvalue weighted by Crippen LogP contribution is 2.41. The van der Waals surface area contributed by atoms with Gasteiger partial charge in [0.15, 0.2) is 0 Å². The van der Waals surface area contributed by atoms with Crippen molar-refractivity contribution >= 4 is 53.7 Å². The molecule has 5 rings (SSSR count). The van der Waals surface area contributed by atoms with Crippen LogP contribution in [0, 0.1) is 5.92 Å². The number of rotatable bonds is 5. The third-order valence-electron chi connectivity index (χ3n) is 6.69. The third-order valence-corrected chi connectivity index (χ3v) is 7.68. The highest BCUT2D eigenvalue weighted by atomic mass is 79.9. The third kappa shape index (κ3) is 3.94. The van der Waals surface area contributed by atoms with Crippen molar-refractivity contribution in [1.29, 1.82) is 0 Å². The minimum Gasteiger partial charge on any atom is -0.361 e. The van der Waals surface area contributed by atoms with Gasteiger partial charge in [-0.15, -0.1) is 0 Å². The lowest BCUT2D eigenvalue weighted by molar-refractivity contribution is 0.328. The summed E-state index contributed by atoms with van der Waals surface area (Å²) in [6, 6.07) is 13.1. The molecule has 0 spiro atoms. The van der Waals surface area contributed by atoms with Crippen LogP contribution in [-0.4, -0.2) is 9.97 Å². The molecule has 1 saturated carbocycles. The SMILES string of the molecule is Brc1ccc2[nH]cc(C(CCC3CCCCC3)c3c[nH]c4ccc(Br)cc34)c2c1. The number of aromatic nitrogens is 2. The molecule has 2 N–H and O–H groups in total. The van der Waals surface area contributed by atoms with E-state index in [9.17, 15) is 0 Å². The Bertz CT molecular complexity index is 1050. The molecule has 0 bridgehead atoms. The molecule has 2 aromatic heterocycles. The fraction of sp³-hybridized carbons (Fsp3) is 0.360. The maximum absolute atomic E-state index is 3.67. The zero-order chi connectivity index (χ0) is 19.8. The highest BCUT2D eigenvalue weighted by Gasteiger charge is 2.23. The van der Waals surface area contributed by atoms with Crippen LogP contribution in [0.25, 0.3) is 21.8 Å². The Morgan fingerprint density at radius 3 is 1.90 bits per heavy atom. The lowest BCUT2D eigenvalue weighted by Gasteiger charge is -2.24. The Morgan fingerprint density at radius 2 is 1.34 bits per heavy atom. The summed E-state index contributed by atoms with van der Waals surface area (Å²) in [5.74, 6) is 1.28. The van der Waals surface area contributed by atoms with Crippen LogP contribution in [0.4, 0.5) is 0 Å². The van der Waals surface area contributed by atoms with E-state index in [2.05, 4.69) is 90.6 Å². The van der Waals surface area contributed by atoms with Crippen molar-refractivity contribution in [3.63, 3.8) is 0 Å². The molecule has 4 heteroatoms. The largest absolute Gasteiger partial charge is 0.361 e. The molecule has 2 nitrogen and oxygen atoms in total. The van der Waals surface area contributed by atoms with E-state index in [1.54, 1.807) is 0 Å². The van der Waals surface area contributed by atoms with Crippen LogP contribution < -0.4 is 0 Å². The highest BCUT2D eigenvalue weighted by molar-refractivity contribution is 9.10. The lowest BCUT2D eigenvalue weighted by Crippen LogP contribution is -2.09. The van der Waals surface area contributed by atoms with E-state index in [-0.39, 0.29) is 0 Å². The van der Waals surface area contributed by atoms with Crippen molar-refractivity contribution in [3.05, 3.63) is 68.9 Å². The van der Waals surface area contributed by atoms with E-state index in [0.29, 0.717) is 5.92 Å². The van der Waals surface area contributed by atoms with Crippen molar-refractivity contribution in [1.82, 2.24) is 9.97 Å². The molecule has 1 fully saturated rings. The van der Waals surface area contributed by atoms with E-state index in [0.717, 1.165) is 14.9 Å². The van der Waals surface area contributed by atoms with Gasteiger partial charge in [-0.2, -0.15) is 0 Å². The first-order chi connectivity index (χ1) is 14.2. The van der Waals surface area contributed by atoms with Gasteiger partial charge in [0.1, 0.15) is 0 Å². The molecule has 0 radical (unpaired) electrons. The number of benzene rings is 2. The van der Waals surface area contributed by atoms with Gasteiger partial charge >= 0.3 is 0 Å². The normalized spacial score (nSPS) is 15.7. The zero-order valence-electron chi connectivity index (χ0n) is 16.5. The molecule has 29 heavy (non-hydrogen) atoms. The smallest absolute Gasteiger partial charge is 0.0457 e. The molecule has 1 aliphatic carbocycles. The number of nitrogens with one attached hydrogen (secondary N) is 2. The molecule has 0 atom stereocenters. The number of halogens is 2. The first-order valence-corrected chi connectivity index (χ1v) is 12.3. The van der Waals surface area contributed by atoms with Gasteiger partial charge in [0, 0.05) is 49.1 Å². The predicted molar refractivity (Wildman–Crippen MR) is 130 cm³/mol. The number of fused-ring (bicyclic) bond motifs is 2. The topological polar surface area (TPSA) is 31.6 Å². The molecule has 0 unspecified atom stereocenters. The number of hydrogen-bond donors (Lipinski definition) is 2. The lowest BCUT2D eigenvalue weighted by atomic mass is 9.80. The number of hydrogen-bond acceptors (Lipinski definition) is 0. The van der Waals surface area contributed by atoms with E-state index < -0.39 is 0 Å². The molecular weight excluding hydrogens is 488 g/mol. The number of H-pyrrole nitrogens is 2. The van der Waals surface area contributed by atoms with Gasteiger partial charge in [0.05, 0.1) is 0 Å². The molecule has 150 valence electrons. The van der Waals surface area contributed by atoms with Gasteiger partial charge in [0.25, 0.3) is 0 Å². The molecular formula is C25H26Br2N2. The minimum absolute atomic E-state index is 0.392. The van der Waals surface area contributed by atoms with Crippen LogP contribution in [0.3, 0.4) is 0 Å². The van der Waals surface area contributed by atoms with Crippen molar-refractivity contribution in [2.24, 2.45) is 5.92 Å². The Labute approximate surface area is 188 Å². The average molecular weight is 514 g/mol. The van der Waals surface area contributed by atoms with E-state index in [4.69, 9.17) is 0 Å². The second kappa shape index (κ2) is 8.31. The minimum atomic E-state index is 0.392. The van der Waals surface area contributed by atoms with Gasteiger partial charge in [-0.3, -0.25) is 0 Å². The Kier molecular flexibility index (Phi) is 5.57.